The summed E-state index contributed by atoms with van der Waals surface area (Å²) in [5, 5.41) is 10.6. The second-order valence-corrected chi connectivity index (χ2v) is 5.43. The number of carbonyl (C=O) groups is 1. The molecule has 0 saturated carbocycles. The maximum Gasteiger partial charge on any atom is 0.310 e. The zero-order valence-electron chi connectivity index (χ0n) is 11.6. The van der Waals surface area contributed by atoms with E-state index in [1.54, 1.807) is 6.07 Å². The van der Waals surface area contributed by atoms with Gasteiger partial charge in [0, 0.05) is 16.6 Å². The van der Waals surface area contributed by atoms with E-state index in [0.29, 0.717) is 22.6 Å². The van der Waals surface area contributed by atoms with Crippen LogP contribution in [0.25, 0.3) is 0 Å². The SMILES string of the molecule is CCC(CC)COC(=O)Cc1ccc([N+](=O)[O-])cc1Br. The van der Waals surface area contributed by atoms with Crippen LogP contribution in [0.3, 0.4) is 0 Å². The van der Waals surface area contributed by atoms with Crippen molar-refractivity contribution in [1.82, 2.24) is 0 Å². The largest absolute Gasteiger partial charge is 0.465 e. The summed E-state index contributed by atoms with van der Waals surface area (Å²) in [6, 6.07) is 4.35. The van der Waals surface area contributed by atoms with E-state index in [4.69, 9.17) is 4.74 Å². The number of esters is 1. The summed E-state index contributed by atoms with van der Waals surface area (Å²) >= 11 is 3.24. The number of non-ortho nitro benzene ring substituents is 1. The topological polar surface area (TPSA) is 69.4 Å². The molecule has 0 saturated heterocycles. The van der Waals surface area contributed by atoms with E-state index < -0.39 is 4.92 Å². The minimum absolute atomic E-state index is 0.00831. The highest BCUT2D eigenvalue weighted by molar-refractivity contribution is 9.10. The van der Waals surface area contributed by atoms with Crippen molar-refractivity contribution < 1.29 is 14.5 Å². The zero-order valence-corrected chi connectivity index (χ0v) is 13.2. The molecule has 1 aromatic carbocycles. The Bertz CT molecular complexity index is 486. The van der Waals surface area contributed by atoms with Gasteiger partial charge in [0.05, 0.1) is 18.0 Å². The predicted octanol–water partition coefficient (Wildman–Crippen LogP) is 3.88. The molecule has 0 aliphatic rings. The lowest BCUT2D eigenvalue weighted by atomic mass is 10.1. The first-order valence-electron chi connectivity index (χ1n) is 6.56. The van der Waals surface area contributed by atoms with Gasteiger partial charge < -0.3 is 4.74 Å². The van der Waals surface area contributed by atoms with E-state index in [0.717, 1.165) is 12.8 Å². The Morgan fingerprint density at radius 1 is 1.40 bits per heavy atom. The molecule has 0 radical (unpaired) electrons. The van der Waals surface area contributed by atoms with Crippen LogP contribution in [0.2, 0.25) is 0 Å². The molecule has 0 unspecified atom stereocenters. The van der Waals surface area contributed by atoms with Crippen molar-refractivity contribution >= 4 is 27.6 Å². The highest BCUT2D eigenvalue weighted by atomic mass is 79.9. The van der Waals surface area contributed by atoms with Crippen LogP contribution in [0.1, 0.15) is 32.3 Å². The Kier molecular flexibility index (Phi) is 6.64. The lowest BCUT2D eigenvalue weighted by molar-refractivity contribution is -0.384. The smallest absolute Gasteiger partial charge is 0.310 e. The Morgan fingerprint density at radius 2 is 2.05 bits per heavy atom. The fourth-order valence-electron chi connectivity index (χ4n) is 1.73. The van der Waals surface area contributed by atoms with Crippen LogP contribution in [-0.2, 0) is 16.0 Å². The van der Waals surface area contributed by atoms with Crippen molar-refractivity contribution in [3.8, 4) is 0 Å². The molecule has 20 heavy (non-hydrogen) atoms. The summed E-state index contributed by atoms with van der Waals surface area (Å²) in [5.41, 5.74) is 0.677. The molecule has 0 bridgehead atoms. The van der Waals surface area contributed by atoms with E-state index in [1.807, 2.05) is 0 Å². The van der Waals surface area contributed by atoms with E-state index in [-0.39, 0.29) is 18.1 Å². The molecule has 6 heteroatoms. The summed E-state index contributed by atoms with van der Waals surface area (Å²) in [6.45, 7) is 4.56. The molecule has 0 aromatic heterocycles. The first-order valence-corrected chi connectivity index (χ1v) is 7.35. The van der Waals surface area contributed by atoms with Gasteiger partial charge in [0.25, 0.3) is 5.69 Å². The summed E-state index contributed by atoms with van der Waals surface area (Å²) in [5.74, 6) is 0.0747. The van der Waals surface area contributed by atoms with Gasteiger partial charge in [0.2, 0.25) is 0 Å². The minimum Gasteiger partial charge on any atom is -0.465 e. The maximum absolute atomic E-state index is 11.7. The Labute approximate surface area is 126 Å². The first-order chi connectivity index (χ1) is 9.47. The molecule has 5 nitrogen and oxygen atoms in total. The molecule has 0 fully saturated rings. The van der Waals surface area contributed by atoms with E-state index in [9.17, 15) is 14.9 Å². The van der Waals surface area contributed by atoms with Gasteiger partial charge in [-0.05, 0) is 11.5 Å². The summed E-state index contributed by atoms with van der Waals surface area (Å²) in [6.07, 6.45) is 2.06. The highest BCUT2D eigenvalue weighted by Gasteiger charge is 2.14. The average molecular weight is 344 g/mol. The molecule has 0 aliphatic heterocycles. The van der Waals surface area contributed by atoms with Crippen LogP contribution in [0.4, 0.5) is 5.69 Å². The molecule has 0 spiro atoms. The van der Waals surface area contributed by atoms with Gasteiger partial charge in [-0.25, -0.2) is 0 Å². The fraction of sp³-hybridized carbons (Fsp3) is 0.500. The van der Waals surface area contributed by atoms with E-state index in [2.05, 4.69) is 29.8 Å². The summed E-state index contributed by atoms with van der Waals surface area (Å²) in [4.78, 5) is 21.9. The lowest BCUT2D eigenvalue weighted by Gasteiger charge is -2.12. The minimum atomic E-state index is -0.472. The molecule has 1 rings (SSSR count). The van der Waals surface area contributed by atoms with Gasteiger partial charge in [-0.3, -0.25) is 14.9 Å². The predicted molar refractivity (Wildman–Crippen MR) is 79.5 cm³/mol. The van der Waals surface area contributed by atoms with E-state index >= 15 is 0 Å². The second kappa shape index (κ2) is 7.99. The van der Waals surface area contributed by atoms with Gasteiger partial charge in [-0.2, -0.15) is 0 Å². The number of halogens is 1. The lowest BCUT2D eigenvalue weighted by Crippen LogP contribution is -2.15. The quantitative estimate of drug-likeness (QED) is 0.428. The van der Waals surface area contributed by atoms with Gasteiger partial charge >= 0.3 is 5.97 Å². The van der Waals surface area contributed by atoms with Crippen LogP contribution in [-0.4, -0.2) is 17.5 Å². The Balaban J connectivity index is 2.60. The normalized spacial score (nSPS) is 10.6. The first kappa shape index (κ1) is 16.6. The number of rotatable bonds is 7. The summed E-state index contributed by atoms with van der Waals surface area (Å²) < 4.78 is 5.78. The number of nitrogens with zero attached hydrogens (tertiary/aromatic N) is 1. The van der Waals surface area contributed by atoms with E-state index in [1.165, 1.54) is 12.1 Å². The van der Waals surface area contributed by atoms with Crippen molar-refractivity contribution in [2.24, 2.45) is 5.92 Å². The average Bonchev–Trinajstić information content (AvgIpc) is 2.42. The summed E-state index contributed by atoms with van der Waals surface area (Å²) in [7, 11) is 0. The maximum atomic E-state index is 11.7. The number of carbonyl (C=O) groups excluding carboxylic acids is 1. The third-order valence-corrected chi connectivity index (χ3v) is 3.96. The Morgan fingerprint density at radius 3 is 2.55 bits per heavy atom. The van der Waals surface area contributed by atoms with Crippen LogP contribution < -0.4 is 0 Å². The molecule has 0 N–H and O–H groups in total. The molecular formula is C14H18BrNO4. The third-order valence-electron chi connectivity index (χ3n) is 3.22. The molecule has 0 atom stereocenters. The second-order valence-electron chi connectivity index (χ2n) is 4.58. The number of hydrogen-bond donors (Lipinski definition) is 0. The van der Waals surface area contributed by atoms with Crippen molar-refractivity contribution in [1.29, 1.82) is 0 Å². The monoisotopic (exact) mass is 343 g/mol. The van der Waals surface area contributed by atoms with Crippen molar-refractivity contribution in [2.75, 3.05) is 6.61 Å². The number of nitro benzene ring substituents is 1. The third kappa shape index (κ3) is 4.92. The van der Waals surface area contributed by atoms with Gasteiger partial charge in [0.1, 0.15) is 0 Å². The number of nitro groups is 1. The van der Waals surface area contributed by atoms with Crippen LogP contribution in [0.5, 0.6) is 0 Å². The standard InChI is InChI=1S/C14H18BrNO4/c1-3-10(4-2)9-20-14(17)7-11-5-6-12(16(18)19)8-13(11)15/h5-6,8,10H,3-4,7,9H2,1-2H3. The van der Waals surface area contributed by atoms with Crippen molar-refractivity contribution in [3.63, 3.8) is 0 Å². The fourth-order valence-corrected chi connectivity index (χ4v) is 2.24. The highest BCUT2D eigenvalue weighted by Crippen LogP contribution is 2.23. The van der Waals surface area contributed by atoms with Gasteiger partial charge in [0.15, 0.2) is 0 Å². The number of ether oxygens (including phenoxy) is 1. The Hall–Kier alpha value is -1.43. The molecule has 0 aliphatic carbocycles. The van der Waals surface area contributed by atoms with Crippen LogP contribution in [0, 0.1) is 16.0 Å². The van der Waals surface area contributed by atoms with Crippen molar-refractivity contribution in [2.45, 2.75) is 33.1 Å². The number of hydrogen-bond acceptors (Lipinski definition) is 4. The van der Waals surface area contributed by atoms with Gasteiger partial charge in [-0.1, -0.05) is 48.7 Å². The molecule has 0 heterocycles. The molecule has 110 valence electrons. The van der Waals surface area contributed by atoms with Crippen molar-refractivity contribution in [3.05, 3.63) is 38.3 Å². The molecule has 1 aromatic rings. The molecular weight excluding hydrogens is 326 g/mol. The van der Waals surface area contributed by atoms with Crippen LogP contribution >= 0.6 is 15.9 Å². The van der Waals surface area contributed by atoms with Gasteiger partial charge in [-0.15, -0.1) is 0 Å². The molecule has 0 amide bonds. The number of benzene rings is 1. The van der Waals surface area contributed by atoms with Crippen LogP contribution in [0.15, 0.2) is 22.7 Å². The zero-order chi connectivity index (χ0) is 15.1.